The van der Waals surface area contributed by atoms with Crippen LogP contribution in [-0.4, -0.2) is 88.4 Å². The smallest absolute Gasteiger partial charge is 0.352 e. The summed E-state index contributed by atoms with van der Waals surface area (Å²) in [7, 11) is 1.44. The van der Waals surface area contributed by atoms with Crippen LogP contribution in [0.3, 0.4) is 0 Å². The Morgan fingerprint density at radius 1 is 1.30 bits per heavy atom. The van der Waals surface area contributed by atoms with Gasteiger partial charge in [-0.3, -0.25) is 19.8 Å². The molecule has 0 aliphatic carbocycles. The van der Waals surface area contributed by atoms with Gasteiger partial charge in [0, 0.05) is 26.1 Å². The van der Waals surface area contributed by atoms with Gasteiger partial charge in [-0.1, -0.05) is 0 Å². The van der Waals surface area contributed by atoms with E-state index in [2.05, 4.69) is 10.6 Å². The van der Waals surface area contributed by atoms with E-state index in [1.54, 1.807) is 4.90 Å². The van der Waals surface area contributed by atoms with Gasteiger partial charge in [0.15, 0.2) is 0 Å². The molecule has 3 rings (SSSR count). The fraction of sp³-hybridized carbons (Fsp3) is 0.632. The molecule has 3 aliphatic heterocycles. The normalized spacial score (nSPS) is 26.2. The van der Waals surface area contributed by atoms with Crippen LogP contribution in [0.1, 0.15) is 26.2 Å². The molecule has 3 heterocycles. The van der Waals surface area contributed by atoms with Crippen molar-refractivity contribution in [1.29, 1.82) is 5.41 Å². The summed E-state index contributed by atoms with van der Waals surface area (Å²) in [6.45, 7) is 2.47. The van der Waals surface area contributed by atoms with Gasteiger partial charge in [-0.05, 0) is 25.3 Å². The molecule has 0 bridgehead atoms. The minimum Gasteiger partial charge on any atom is -0.477 e. The van der Waals surface area contributed by atoms with Crippen LogP contribution in [0.2, 0.25) is 0 Å². The van der Waals surface area contributed by atoms with Crippen molar-refractivity contribution in [2.45, 2.75) is 38.3 Å². The third-order valence-corrected chi connectivity index (χ3v) is 6.08. The number of aliphatic hydroxyl groups excluding tert-OH is 1. The van der Waals surface area contributed by atoms with Crippen molar-refractivity contribution in [2.75, 3.05) is 26.7 Å². The highest BCUT2D eigenvalue weighted by atomic mass is 16.4. The number of aliphatic hydroxyl groups is 1. The minimum atomic E-state index is -1.15. The topological polar surface area (TPSA) is 163 Å². The summed E-state index contributed by atoms with van der Waals surface area (Å²) >= 11 is 0. The van der Waals surface area contributed by atoms with Gasteiger partial charge in [0.25, 0.3) is 0 Å². The standard InChI is InChI=1S/C19H27N5O6/c1-9(25)16-12-5-11(17(19(29)30)24(12)18(16)28)10-3-4-23(8-10)13(20)7-22-15(27)6-14(26)21-2/h9-10,12,16,20,25H,3-8H2,1-2H3,(H,21,26)(H,22,27)(H,29,30)/t9-,10-,12-,16-/m1/s1. The summed E-state index contributed by atoms with van der Waals surface area (Å²) in [6.07, 6.45) is -0.0941. The van der Waals surface area contributed by atoms with E-state index in [0.29, 0.717) is 31.5 Å². The molecule has 11 heteroatoms. The third-order valence-electron chi connectivity index (χ3n) is 6.08. The van der Waals surface area contributed by atoms with Crippen LogP contribution in [0.5, 0.6) is 0 Å². The molecule has 3 amide bonds. The van der Waals surface area contributed by atoms with Crippen LogP contribution in [0, 0.1) is 17.2 Å². The molecule has 0 radical (unpaired) electrons. The van der Waals surface area contributed by atoms with Gasteiger partial charge >= 0.3 is 5.97 Å². The first-order valence-electron chi connectivity index (χ1n) is 9.92. The second-order valence-corrected chi connectivity index (χ2v) is 7.93. The molecule has 164 valence electrons. The Hall–Kier alpha value is -2.95. The number of nitrogens with zero attached hydrogens (tertiary/aromatic N) is 2. The summed E-state index contributed by atoms with van der Waals surface area (Å²) < 4.78 is 0. The summed E-state index contributed by atoms with van der Waals surface area (Å²) in [4.78, 5) is 50.1. The highest BCUT2D eigenvalue weighted by molar-refractivity contribution is 6.00. The van der Waals surface area contributed by atoms with Gasteiger partial charge in [-0.15, -0.1) is 0 Å². The van der Waals surface area contributed by atoms with E-state index >= 15 is 0 Å². The first-order valence-corrected chi connectivity index (χ1v) is 9.92. The molecule has 30 heavy (non-hydrogen) atoms. The number of rotatable bonds is 7. The second kappa shape index (κ2) is 8.42. The van der Waals surface area contributed by atoms with E-state index in [-0.39, 0.29) is 42.4 Å². The largest absolute Gasteiger partial charge is 0.477 e. The zero-order chi connectivity index (χ0) is 22.2. The average molecular weight is 421 g/mol. The van der Waals surface area contributed by atoms with E-state index in [1.165, 1.54) is 18.9 Å². The molecule has 3 aliphatic rings. The summed E-state index contributed by atoms with van der Waals surface area (Å²) in [6, 6.07) is -0.323. The SMILES string of the molecule is CNC(=O)CC(=O)NCC(=N)N1CC[C@@H](C2=C(C(=O)O)N3C(=O)[C@H]([C@@H](C)O)[C@H]3C2)C1. The van der Waals surface area contributed by atoms with Gasteiger partial charge in [0.1, 0.15) is 18.0 Å². The highest BCUT2D eigenvalue weighted by Gasteiger charge is 2.57. The van der Waals surface area contributed by atoms with Gasteiger partial charge in [-0.25, -0.2) is 4.79 Å². The Bertz CT molecular complexity index is 822. The van der Waals surface area contributed by atoms with Crippen molar-refractivity contribution in [1.82, 2.24) is 20.4 Å². The number of fused-ring (bicyclic) bond motifs is 1. The fourth-order valence-corrected chi connectivity index (χ4v) is 4.55. The summed E-state index contributed by atoms with van der Waals surface area (Å²) in [5.74, 6) is -2.92. The zero-order valence-electron chi connectivity index (χ0n) is 17.0. The molecule has 0 spiro atoms. The average Bonchev–Trinajstić information content (AvgIpc) is 3.28. The zero-order valence-corrected chi connectivity index (χ0v) is 17.0. The number of nitrogens with one attached hydrogen (secondary N) is 3. The predicted molar refractivity (Wildman–Crippen MR) is 104 cm³/mol. The number of amides is 3. The van der Waals surface area contributed by atoms with Crippen LogP contribution in [0.4, 0.5) is 0 Å². The van der Waals surface area contributed by atoms with Crippen LogP contribution in [0.15, 0.2) is 11.3 Å². The molecule has 0 saturated carbocycles. The van der Waals surface area contributed by atoms with Crippen LogP contribution < -0.4 is 10.6 Å². The number of amidine groups is 1. The molecule has 2 saturated heterocycles. The number of carboxylic acids is 1. The monoisotopic (exact) mass is 421 g/mol. The van der Waals surface area contributed by atoms with Gasteiger partial charge in [-0.2, -0.15) is 0 Å². The molecule has 5 N–H and O–H groups in total. The lowest BCUT2D eigenvalue weighted by molar-refractivity contribution is -0.161. The molecule has 0 unspecified atom stereocenters. The maximum absolute atomic E-state index is 12.3. The summed E-state index contributed by atoms with van der Waals surface area (Å²) in [5, 5.41) is 32.6. The van der Waals surface area contributed by atoms with Crippen molar-refractivity contribution in [2.24, 2.45) is 11.8 Å². The number of hydrogen-bond acceptors (Lipinski definition) is 6. The van der Waals surface area contributed by atoms with Crippen molar-refractivity contribution in [3.05, 3.63) is 11.3 Å². The lowest BCUT2D eigenvalue weighted by atomic mass is 9.82. The van der Waals surface area contributed by atoms with Crippen LogP contribution in [0.25, 0.3) is 0 Å². The highest BCUT2D eigenvalue weighted by Crippen LogP contribution is 2.47. The number of hydrogen-bond donors (Lipinski definition) is 5. The second-order valence-electron chi connectivity index (χ2n) is 7.93. The molecule has 0 aromatic heterocycles. The third kappa shape index (κ3) is 3.89. The Morgan fingerprint density at radius 2 is 2.00 bits per heavy atom. The number of β-lactam (4-membered cyclic amide) rings is 1. The minimum absolute atomic E-state index is 0.0131. The first kappa shape index (κ1) is 21.8. The summed E-state index contributed by atoms with van der Waals surface area (Å²) in [5.41, 5.74) is 0.696. The Labute approximate surface area is 173 Å². The van der Waals surface area contributed by atoms with Gasteiger partial charge < -0.3 is 30.6 Å². The molecule has 0 aromatic rings. The van der Waals surface area contributed by atoms with Crippen LogP contribution in [-0.2, 0) is 19.2 Å². The van der Waals surface area contributed by atoms with E-state index in [4.69, 9.17) is 5.41 Å². The maximum atomic E-state index is 12.3. The number of carbonyl (C=O) groups is 4. The molecule has 4 atom stereocenters. The van der Waals surface area contributed by atoms with Crippen molar-refractivity contribution < 1.29 is 29.4 Å². The van der Waals surface area contributed by atoms with Crippen LogP contribution >= 0.6 is 0 Å². The molecule has 2 fully saturated rings. The van der Waals surface area contributed by atoms with E-state index in [9.17, 15) is 29.4 Å². The molecule has 0 aromatic carbocycles. The fourth-order valence-electron chi connectivity index (χ4n) is 4.55. The van der Waals surface area contributed by atoms with Gasteiger partial charge in [0.2, 0.25) is 17.7 Å². The van der Waals surface area contributed by atoms with E-state index < -0.39 is 29.8 Å². The lowest BCUT2D eigenvalue weighted by Crippen LogP contribution is -2.61. The Kier molecular flexibility index (Phi) is 6.11. The number of carbonyl (C=O) groups excluding carboxylic acids is 3. The predicted octanol–water partition coefficient (Wildman–Crippen LogP) is -1.51. The Morgan fingerprint density at radius 3 is 2.60 bits per heavy atom. The van der Waals surface area contributed by atoms with Crippen molar-refractivity contribution in [3.63, 3.8) is 0 Å². The molecule has 11 nitrogen and oxygen atoms in total. The van der Waals surface area contributed by atoms with Gasteiger partial charge in [0.05, 0.1) is 24.6 Å². The molecular formula is C19H27N5O6. The van der Waals surface area contributed by atoms with E-state index in [0.717, 1.165) is 0 Å². The maximum Gasteiger partial charge on any atom is 0.352 e. The van der Waals surface area contributed by atoms with E-state index in [1.807, 2.05) is 0 Å². The first-order chi connectivity index (χ1) is 14.1. The molecular weight excluding hydrogens is 394 g/mol. The van der Waals surface area contributed by atoms with Crippen molar-refractivity contribution >= 4 is 29.5 Å². The Balaban J connectivity index is 1.61. The number of aliphatic carboxylic acids is 1. The number of carboxylic acid groups (broad SMARTS) is 1. The number of likely N-dealkylation sites (tertiary alicyclic amines) is 1. The van der Waals surface area contributed by atoms with Crippen molar-refractivity contribution in [3.8, 4) is 0 Å². The lowest BCUT2D eigenvalue weighted by Gasteiger charge is -2.44. The quantitative estimate of drug-likeness (QED) is 0.144.